The van der Waals surface area contributed by atoms with Crippen LogP contribution in [-0.4, -0.2) is 48.0 Å². The predicted molar refractivity (Wildman–Crippen MR) is 124 cm³/mol. The topological polar surface area (TPSA) is 111 Å². The van der Waals surface area contributed by atoms with Crippen molar-refractivity contribution in [1.29, 1.82) is 0 Å². The van der Waals surface area contributed by atoms with Crippen molar-refractivity contribution in [2.75, 3.05) is 25.5 Å². The maximum atomic E-state index is 12.3. The monoisotopic (exact) mass is 465 g/mol. The van der Waals surface area contributed by atoms with Crippen molar-refractivity contribution in [1.82, 2.24) is 10.1 Å². The van der Waals surface area contributed by atoms with Gasteiger partial charge in [0.25, 0.3) is 5.91 Å². The number of hydrogen-bond donors (Lipinski definition) is 1. The van der Waals surface area contributed by atoms with Crippen LogP contribution in [0.25, 0.3) is 0 Å². The van der Waals surface area contributed by atoms with Gasteiger partial charge in [-0.2, -0.15) is 0 Å². The van der Waals surface area contributed by atoms with E-state index in [4.69, 9.17) is 14.0 Å². The molecule has 0 aliphatic heterocycles. The molecule has 0 spiro atoms. The molecule has 1 N–H and O–H groups in total. The van der Waals surface area contributed by atoms with E-state index < -0.39 is 18.5 Å². The number of nitrogens with zero attached hydrogens (tertiary/aromatic N) is 2. The van der Waals surface area contributed by atoms with Gasteiger partial charge >= 0.3 is 5.97 Å². The average Bonchev–Trinajstić information content (AvgIpc) is 3.14. The van der Waals surface area contributed by atoms with Gasteiger partial charge in [-0.15, -0.1) is 0 Å². The summed E-state index contributed by atoms with van der Waals surface area (Å²) in [4.78, 5) is 37.9. The number of carbonyl (C=O) groups excluding carboxylic acids is 3. The van der Waals surface area contributed by atoms with Gasteiger partial charge in [0.2, 0.25) is 5.91 Å². The van der Waals surface area contributed by atoms with Crippen LogP contribution in [0.5, 0.6) is 5.75 Å². The summed E-state index contributed by atoms with van der Waals surface area (Å²) in [5.74, 6) is -0.236. The summed E-state index contributed by atoms with van der Waals surface area (Å²) in [6.07, 6.45) is 0. The number of aromatic nitrogens is 1. The third kappa shape index (κ3) is 6.68. The summed E-state index contributed by atoms with van der Waals surface area (Å²) in [5, 5.41) is 6.60. The van der Waals surface area contributed by atoms with Gasteiger partial charge in [0.15, 0.2) is 6.61 Å². The van der Waals surface area contributed by atoms with E-state index in [-0.39, 0.29) is 18.0 Å². The van der Waals surface area contributed by atoms with Crippen molar-refractivity contribution >= 4 is 23.5 Å². The minimum Gasteiger partial charge on any atom is -0.489 e. The minimum absolute atomic E-state index is 0.165. The molecular weight excluding hydrogens is 438 g/mol. The number of esters is 1. The van der Waals surface area contributed by atoms with E-state index in [1.54, 1.807) is 36.4 Å². The number of likely N-dealkylation sites (N-methyl/N-ethyl adjacent to an activating group) is 1. The average molecular weight is 466 g/mol. The number of carbonyl (C=O) groups is 3. The normalized spacial score (nSPS) is 10.5. The molecule has 1 heterocycles. The molecular formula is C25H27N3O6. The molecule has 0 radical (unpaired) electrons. The lowest BCUT2D eigenvalue weighted by atomic mass is 10.2. The molecule has 0 aliphatic carbocycles. The standard InChI is InChI=1S/C25H27N3O6/c1-16-5-9-20(10-6-16)26-23(29)13-28(4)24(30)15-33-25(31)19-7-11-21(12-8-19)32-14-22-17(2)27-34-18(22)3/h5-12H,13-15H2,1-4H3,(H,26,29). The first-order valence-corrected chi connectivity index (χ1v) is 10.6. The fraction of sp³-hybridized carbons (Fsp3) is 0.280. The summed E-state index contributed by atoms with van der Waals surface area (Å²) in [7, 11) is 1.47. The Labute approximate surface area is 197 Å². The third-order valence-corrected chi connectivity index (χ3v) is 5.12. The molecule has 2 amide bonds. The van der Waals surface area contributed by atoms with Crippen LogP contribution in [0.15, 0.2) is 53.1 Å². The lowest BCUT2D eigenvalue weighted by Crippen LogP contribution is -2.37. The lowest BCUT2D eigenvalue weighted by Gasteiger charge is -2.17. The van der Waals surface area contributed by atoms with Crippen LogP contribution in [0.4, 0.5) is 5.69 Å². The van der Waals surface area contributed by atoms with Gasteiger partial charge in [0.05, 0.1) is 23.4 Å². The predicted octanol–water partition coefficient (Wildman–Crippen LogP) is 3.43. The van der Waals surface area contributed by atoms with Crippen molar-refractivity contribution in [2.24, 2.45) is 0 Å². The first-order valence-electron chi connectivity index (χ1n) is 10.6. The SMILES string of the molecule is Cc1ccc(NC(=O)CN(C)C(=O)COC(=O)c2ccc(OCc3c(C)noc3C)cc2)cc1. The largest absolute Gasteiger partial charge is 0.489 e. The second-order valence-corrected chi connectivity index (χ2v) is 7.86. The molecule has 178 valence electrons. The van der Waals surface area contributed by atoms with E-state index in [1.165, 1.54) is 11.9 Å². The molecule has 1 aromatic heterocycles. The van der Waals surface area contributed by atoms with Crippen LogP contribution >= 0.6 is 0 Å². The van der Waals surface area contributed by atoms with Gasteiger partial charge in [0.1, 0.15) is 18.1 Å². The second-order valence-electron chi connectivity index (χ2n) is 7.86. The molecule has 0 saturated carbocycles. The Morgan fingerprint density at radius 3 is 2.29 bits per heavy atom. The summed E-state index contributed by atoms with van der Waals surface area (Å²) < 4.78 is 15.9. The summed E-state index contributed by atoms with van der Waals surface area (Å²) in [6, 6.07) is 13.7. The number of amides is 2. The van der Waals surface area contributed by atoms with Crippen molar-refractivity contribution in [3.8, 4) is 5.75 Å². The van der Waals surface area contributed by atoms with Gasteiger partial charge < -0.3 is 24.2 Å². The molecule has 0 fully saturated rings. The van der Waals surface area contributed by atoms with Crippen LogP contribution in [0, 0.1) is 20.8 Å². The number of hydrogen-bond acceptors (Lipinski definition) is 7. The first-order chi connectivity index (χ1) is 16.2. The Morgan fingerprint density at radius 1 is 1.00 bits per heavy atom. The highest BCUT2D eigenvalue weighted by atomic mass is 16.5. The number of ether oxygens (including phenoxy) is 2. The molecule has 0 saturated heterocycles. The van der Waals surface area contributed by atoms with Gasteiger partial charge in [-0.25, -0.2) is 4.79 Å². The van der Waals surface area contributed by atoms with Crippen LogP contribution in [0.2, 0.25) is 0 Å². The first kappa shape index (κ1) is 24.5. The fourth-order valence-electron chi connectivity index (χ4n) is 3.01. The van der Waals surface area contributed by atoms with Crippen molar-refractivity contribution in [2.45, 2.75) is 27.4 Å². The highest BCUT2D eigenvalue weighted by Crippen LogP contribution is 2.18. The van der Waals surface area contributed by atoms with Gasteiger partial charge in [0, 0.05) is 12.7 Å². The maximum absolute atomic E-state index is 12.3. The Bertz CT molecular complexity index is 1130. The lowest BCUT2D eigenvalue weighted by molar-refractivity contribution is -0.136. The van der Waals surface area contributed by atoms with E-state index in [0.29, 0.717) is 23.8 Å². The molecule has 2 aromatic carbocycles. The number of benzene rings is 2. The Hall–Kier alpha value is -4.14. The molecule has 9 nitrogen and oxygen atoms in total. The molecule has 0 atom stereocenters. The third-order valence-electron chi connectivity index (χ3n) is 5.12. The number of aryl methyl sites for hydroxylation is 3. The van der Waals surface area contributed by atoms with Crippen molar-refractivity contribution < 1.29 is 28.4 Å². The van der Waals surface area contributed by atoms with E-state index >= 15 is 0 Å². The van der Waals surface area contributed by atoms with E-state index in [2.05, 4.69) is 10.5 Å². The van der Waals surface area contributed by atoms with Gasteiger partial charge in [-0.3, -0.25) is 9.59 Å². The van der Waals surface area contributed by atoms with Crippen LogP contribution in [0.1, 0.15) is 32.9 Å². The number of anilines is 1. The molecule has 0 unspecified atom stereocenters. The highest BCUT2D eigenvalue weighted by Gasteiger charge is 2.16. The summed E-state index contributed by atoms with van der Waals surface area (Å²) >= 11 is 0. The zero-order chi connectivity index (χ0) is 24.7. The van der Waals surface area contributed by atoms with Crippen LogP contribution in [0.3, 0.4) is 0 Å². The Morgan fingerprint density at radius 2 is 1.68 bits per heavy atom. The molecule has 0 aliphatic rings. The molecule has 3 aromatic rings. The molecule has 3 rings (SSSR count). The Kier molecular flexibility index (Phi) is 8.02. The van der Waals surface area contributed by atoms with Gasteiger partial charge in [-0.05, 0) is 57.2 Å². The van der Waals surface area contributed by atoms with E-state index in [9.17, 15) is 14.4 Å². The van der Waals surface area contributed by atoms with Crippen LogP contribution in [-0.2, 0) is 20.9 Å². The summed E-state index contributed by atoms with van der Waals surface area (Å²) in [6.45, 7) is 5.25. The zero-order valence-electron chi connectivity index (χ0n) is 19.6. The van der Waals surface area contributed by atoms with Crippen molar-refractivity contribution in [3.63, 3.8) is 0 Å². The maximum Gasteiger partial charge on any atom is 0.338 e. The molecule has 0 bridgehead atoms. The van der Waals surface area contributed by atoms with Crippen molar-refractivity contribution in [3.05, 3.63) is 76.7 Å². The van der Waals surface area contributed by atoms with E-state index in [0.717, 1.165) is 16.8 Å². The highest BCUT2D eigenvalue weighted by molar-refractivity contribution is 5.95. The number of nitrogens with one attached hydrogen (secondary N) is 1. The van der Waals surface area contributed by atoms with Crippen LogP contribution < -0.4 is 10.1 Å². The number of rotatable bonds is 9. The Balaban J connectivity index is 1.43. The minimum atomic E-state index is -0.650. The second kappa shape index (κ2) is 11.1. The smallest absolute Gasteiger partial charge is 0.338 e. The van der Waals surface area contributed by atoms with E-state index in [1.807, 2.05) is 32.9 Å². The molecule has 9 heteroatoms. The van der Waals surface area contributed by atoms with Gasteiger partial charge in [-0.1, -0.05) is 22.9 Å². The summed E-state index contributed by atoms with van der Waals surface area (Å²) in [5.41, 5.74) is 3.63. The zero-order valence-corrected chi connectivity index (χ0v) is 19.6. The molecule has 34 heavy (non-hydrogen) atoms. The quantitative estimate of drug-likeness (QED) is 0.482. The fourth-order valence-corrected chi connectivity index (χ4v) is 3.01.